The highest BCUT2D eigenvalue weighted by molar-refractivity contribution is 6.37. The lowest BCUT2D eigenvalue weighted by atomic mass is 10.0. The first-order chi connectivity index (χ1) is 12.5. The molecule has 0 saturated heterocycles. The number of carbonyl (C=O) groups is 1. The molecule has 0 bridgehead atoms. The lowest BCUT2D eigenvalue weighted by Crippen LogP contribution is -2.23. The molecule has 2 aromatic carbocycles. The average Bonchev–Trinajstić information content (AvgIpc) is 2.94. The summed E-state index contributed by atoms with van der Waals surface area (Å²) in [6, 6.07) is 14.3. The summed E-state index contributed by atoms with van der Waals surface area (Å²) in [6.45, 7) is 0.208. The lowest BCUT2D eigenvalue weighted by Gasteiger charge is -2.08. The molecule has 5 nitrogen and oxygen atoms in total. The van der Waals surface area contributed by atoms with Gasteiger partial charge >= 0.3 is 0 Å². The van der Waals surface area contributed by atoms with Gasteiger partial charge in [0.2, 0.25) is 0 Å². The number of hydrogen-bond donors (Lipinski definition) is 1. The fourth-order valence-corrected chi connectivity index (χ4v) is 3.05. The highest BCUT2D eigenvalue weighted by atomic mass is 35.5. The molecule has 1 heterocycles. The molecule has 0 radical (unpaired) electrons. The van der Waals surface area contributed by atoms with Crippen LogP contribution in [0.2, 0.25) is 10.0 Å². The van der Waals surface area contributed by atoms with Crippen molar-refractivity contribution in [3.05, 3.63) is 69.2 Å². The van der Waals surface area contributed by atoms with Crippen molar-refractivity contribution in [2.75, 3.05) is 6.54 Å². The zero-order chi connectivity index (χ0) is 18.7. The van der Waals surface area contributed by atoms with Gasteiger partial charge in [-0.1, -0.05) is 53.5 Å². The SMILES string of the molecule is N#CCCN1N=C(c2ccccc2)/C(=C/c2cc(Cl)c(O)c(Cl)c2)C1=O. The molecular formula is C19H13Cl2N3O2. The molecule has 1 aliphatic rings. The van der Waals surface area contributed by atoms with E-state index < -0.39 is 0 Å². The Kier molecular flexibility index (Phi) is 5.27. The van der Waals surface area contributed by atoms with Crippen molar-refractivity contribution in [2.45, 2.75) is 6.42 Å². The Hall–Kier alpha value is -2.81. The van der Waals surface area contributed by atoms with Gasteiger partial charge in [0.25, 0.3) is 5.91 Å². The number of carbonyl (C=O) groups excluding carboxylic acids is 1. The van der Waals surface area contributed by atoms with E-state index in [0.717, 1.165) is 5.56 Å². The van der Waals surface area contributed by atoms with E-state index in [9.17, 15) is 9.90 Å². The maximum Gasteiger partial charge on any atom is 0.276 e. The van der Waals surface area contributed by atoms with Crippen molar-refractivity contribution in [1.29, 1.82) is 5.26 Å². The van der Waals surface area contributed by atoms with E-state index >= 15 is 0 Å². The molecule has 1 N–H and O–H groups in total. The molecule has 0 fully saturated rings. The fourth-order valence-electron chi connectivity index (χ4n) is 2.54. The second-order valence-corrected chi connectivity index (χ2v) is 6.36. The number of aromatic hydroxyl groups is 1. The van der Waals surface area contributed by atoms with Crippen molar-refractivity contribution < 1.29 is 9.90 Å². The van der Waals surface area contributed by atoms with Crippen LogP contribution >= 0.6 is 23.2 Å². The predicted molar refractivity (Wildman–Crippen MR) is 101 cm³/mol. The van der Waals surface area contributed by atoms with Gasteiger partial charge in [0.15, 0.2) is 5.75 Å². The molecule has 0 unspecified atom stereocenters. The highest BCUT2D eigenvalue weighted by Crippen LogP contribution is 2.34. The maximum atomic E-state index is 12.8. The van der Waals surface area contributed by atoms with Gasteiger partial charge in [-0.25, -0.2) is 5.01 Å². The molecular weight excluding hydrogens is 373 g/mol. The minimum Gasteiger partial charge on any atom is -0.505 e. The minimum absolute atomic E-state index is 0.0920. The number of rotatable bonds is 4. The van der Waals surface area contributed by atoms with Crippen molar-refractivity contribution in [2.24, 2.45) is 5.10 Å². The van der Waals surface area contributed by atoms with Crippen LogP contribution in [0, 0.1) is 11.3 Å². The van der Waals surface area contributed by atoms with Crippen molar-refractivity contribution in [1.82, 2.24) is 5.01 Å². The fraction of sp³-hybridized carbons (Fsp3) is 0.105. The Morgan fingerprint density at radius 1 is 1.19 bits per heavy atom. The van der Waals surface area contributed by atoms with Gasteiger partial charge in [0, 0.05) is 5.56 Å². The molecule has 0 aromatic heterocycles. The highest BCUT2D eigenvalue weighted by Gasteiger charge is 2.30. The van der Waals surface area contributed by atoms with Crippen LogP contribution in [0.4, 0.5) is 0 Å². The maximum absolute atomic E-state index is 12.8. The first-order valence-corrected chi connectivity index (χ1v) is 8.49. The smallest absolute Gasteiger partial charge is 0.276 e. The summed E-state index contributed by atoms with van der Waals surface area (Å²) in [5.41, 5.74) is 2.22. The predicted octanol–water partition coefficient (Wildman–Crippen LogP) is 4.24. The quantitative estimate of drug-likeness (QED) is 0.799. The topological polar surface area (TPSA) is 76.7 Å². The summed E-state index contributed by atoms with van der Waals surface area (Å²) in [5.74, 6) is -0.514. The van der Waals surface area contributed by atoms with Gasteiger partial charge < -0.3 is 5.11 Å². The molecule has 0 saturated carbocycles. The lowest BCUT2D eigenvalue weighted by molar-refractivity contribution is -0.125. The summed E-state index contributed by atoms with van der Waals surface area (Å²) >= 11 is 11.9. The summed E-state index contributed by atoms with van der Waals surface area (Å²) in [7, 11) is 0. The number of nitriles is 1. The van der Waals surface area contributed by atoms with Gasteiger partial charge in [-0.05, 0) is 23.8 Å². The number of benzene rings is 2. The number of phenols is 1. The summed E-state index contributed by atoms with van der Waals surface area (Å²) in [4.78, 5) is 12.8. The van der Waals surface area contributed by atoms with Crippen LogP contribution in [0.15, 0.2) is 53.1 Å². The Balaban J connectivity index is 2.07. The second-order valence-electron chi connectivity index (χ2n) is 5.54. The van der Waals surface area contributed by atoms with E-state index in [4.69, 9.17) is 28.5 Å². The zero-order valence-corrected chi connectivity index (χ0v) is 15.0. The third-order valence-corrected chi connectivity index (χ3v) is 4.35. The van der Waals surface area contributed by atoms with E-state index in [1.807, 2.05) is 36.4 Å². The van der Waals surface area contributed by atoms with Crippen LogP contribution in [-0.2, 0) is 4.79 Å². The van der Waals surface area contributed by atoms with Crippen molar-refractivity contribution in [3.8, 4) is 11.8 Å². The van der Waals surface area contributed by atoms with Gasteiger partial charge in [0.05, 0.1) is 34.7 Å². The molecule has 0 aliphatic carbocycles. The molecule has 1 amide bonds. The molecule has 1 aliphatic heterocycles. The first kappa shape index (κ1) is 18.0. The molecule has 0 spiro atoms. The second kappa shape index (κ2) is 7.61. The molecule has 2 aromatic rings. The van der Waals surface area contributed by atoms with Gasteiger partial charge in [-0.2, -0.15) is 10.4 Å². The first-order valence-electron chi connectivity index (χ1n) is 7.74. The van der Waals surface area contributed by atoms with Crippen molar-refractivity contribution >= 4 is 40.9 Å². The average molecular weight is 386 g/mol. The molecule has 0 atom stereocenters. The third-order valence-electron chi connectivity index (χ3n) is 3.77. The van der Waals surface area contributed by atoms with Crippen molar-refractivity contribution in [3.63, 3.8) is 0 Å². The Labute approximate surface area is 160 Å². The van der Waals surface area contributed by atoms with E-state index in [2.05, 4.69) is 5.10 Å². The van der Waals surface area contributed by atoms with Crippen LogP contribution in [0.1, 0.15) is 17.5 Å². The molecule has 130 valence electrons. The Morgan fingerprint density at radius 3 is 2.46 bits per heavy atom. The summed E-state index contributed by atoms with van der Waals surface area (Å²) < 4.78 is 0. The summed E-state index contributed by atoms with van der Waals surface area (Å²) in [5, 5.41) is 24.3. The summed E-state index contributed by atoms with van der Waals surface area (Å²) in [6.07, 6.45) is 1.80. The normalized spacial score (nSPS) is 15.3. The van der Waals surface area contributed by atoms with Gasteiger partial charge in [-0.3, -0.25) is 4.79 Å². The van der Waals surface area contributed by atoms with E-state index in [1.54, 1.807) is 6.08 Å². The Morgan fingerprint density at radius 2 is 1.85 bits per heavy atom. The monoisotopic (exact) mass is 385 g/mol. The number of amides is 1. The van der Waals surface area contributed by atoms with Crippen LogP contribution in [0.25, 0.3) is 6.08 Å². The van der Waals surface area contributed by atoms with E-state index in [1.165, 1.54) is 17.1 Å². The Bertz CT molecular complexity index is 939. The van der Waals surface area contributed by atoms with Crippen LogP contribution in [-0.4, -0.2) is 28.3 Å². The standard InChI is InChI=1S/C19H13Cl2N3O2/c20-15-10-12(11-16(21)18(15)25)9-14-17(13-5-2-1-3-6-13)23-24(19(14)26)8-4-7-22/h1-3,5-6,9-11,25H,4,8H2/b14-9-. The van der Waals surface area contributed by atoms with E-state index in [0.29, 0.717) is 16.8 Å². The van der Waals surface area contributed by atoms with Crippen LogP contribution < -0.4 is 0 Å². The van der Waals surface area contributed by atoms with E-state index in [-0.39, 0.29) is 34.7 Å². The largest absolute Gasteiger partial charge is 0.505 e. The molecule has 26 heavy (non-hydrogen) atoms. The number of nitrogens with zero attached hydrogens (tertiary/aromatic N) is 3. The van der Waals surface area contributed by atoms with Crippen LogP contribution in [0.5, 0.6) is 5.75 Å². The number of hydrazone groups is 1. The zero-order valence-electron chi connectivity index (χ0n) is 13.5. The van der Waals surface area contributed by atoms with Gasteiger partial charge in [-0.15, -0.1) is 0 Å². The molecule has 7 heteroatoms. The van der Waals surface area contributed by atoms with Crippen LogP contribution in [0.3, 0.4) is 0 Å². The number of phenolic OH excluding ortho intramolecular Hbond substituents is 1. The number of hydrogen-bond acceptors (Lipinski definition) is 4. The molecule has 3 rings (SSSR count). The van der Waals surface area contributed by atoms with Gasteiger partial charge in [0.1, 0.15) is 5.71 Å². The minimum atomic E-state index is -0.306. The third kappa shape index (κ3) is 3.57. The number of halogens is 2.